The molecular formula is C11H15ClO2S. The molecule has 0 N–H and O–H groups in total. The van der Waals surface area contributed by atoms with Gasteiger partial charge in [0.05, 0.1) is 11.1 Å². The van der Waals surface area contributed by atoms with Gasteiger partial charge in [0, 0.05) is 6.26 Å². The van der Waals surface area contributed by atoms with Crippen LogP contribution < -0.4 is 0 Å². The van der Waals surface area contributed by atoms with E-state index in [0.29, 0.717) is 0 Å². The Morgan fingerprint density at radius 3 is 2.47 bits per heavy atom. The number of sulfone groups is 1. The summed E-state index contributed by atoms with van der Waals surface area (Å²) < 4.78 is 22.3. The molecule has 1 unspecified atom stereocenters. The van der Waals surface area contributed by atoms with E-state index in [-0.39, 0.29) is 5.75 Å². The molecule has 4 heteroatoms. The van der Waals surface area contributed by atoms with Crippen LogP contribution in [0.4, 0.5) is 0 Å². The zero-order valence-electron chi connectivity index (χ0n) is 9.12. The largest absolute Gasteiger partial charge is 0.229 e. The summed E-state index contributed by atoms with van der Waals surface area (Å²) >= 11 is 6.09. The molecule has 84 valence electrons. The molecule has 0 amide bonds. The van der Waals surface area contributed by atoms with Crippen molar-refractivity contribution in [1.29, 1.82) is 0 Å². The van der Waals surface area contributed by atoms with Gasteiger partial charge in [0.25, 0.3) is 0 Å². The minimum Gasteiger partial charge on any atom is -0.229 e. The molecule has 0 bridgehead atoms. The van der Waals surface area contributed by atoms with Crippen LogP contribution in [0, 0.1) is 13.8 Å². The predicted molar refractivity (Wildman–Crippen MR) is 64.2 cm³/mol. The topological polar surface area (TPSA) is 34.1 Å². The molecule has 0 saturated carbocycles. The number of benzene rings is 1. The first-order valence-corrected chi connectivity index (χ1v) is 7.18. The maximum Gasteiger partial charge on any atom is 0.149 e. The van der Waals surface area contributed by atoms with Gasteiger partial charge in [-0.05, 0) is 25.0 Å². The van der Waals surface area contributed by atoms with Gasteiger partial charge in [0.1, 0.15) is 9.84 Å². The van der Waals surface area contributed by atoms with Crippen molar-refractivity contribution in [1.82, 2.24) is 0 Å². The van der Waals surface area contributed by atoms with E-state index in [2.05, 4.69) is 0 Å². The molecule has 0 aromatic heterocycles. The van der Waals surface area contributed by atoms with Crippen molar-refractivity contribution in [3.05, 3.63) is 34.9 Å². The van der Waals surface area contributed by atoms with Crippen molar-refractivity contribution in [2.75, 3.05) is 12.0 Å². The second kappa shape index (κ2) is 4.54. The van der Waals surface area contributed by atoms with Crippen molar-refractivity contribution in [3.8, 4) is 0 Å². The smallest absolute Gasteiger partial charge is 0.149 e. The zero-order chi connectivity index (χ0) is 11.6. The van der Waals surface area contributed by atoms with E-state index in [1.807, 2.05) is 32.0 Å². The summed E-state index contributed by atoms with van der Waals surface area (Å²) in [5.74, 6) is -0.0150. The van der Waals surface area contributed by atoms with Crippen LogP contribution in [0.2, 0.25) is 0 Å². The molecule has 0 fully saturated rings. The minimum atomic E-state index is -3.03. The fraction of sp³-hybridized carbons (Fsp3) is 0.455. The lowest BCUT2D eigenvalue weighted by Crippen LogP contribution is -2.10. The van der Waals surface area contributed by atoms with E-state index >= 15 is 0 Å². The Hall–Kier alpha value is -0.540. The number of alkyl halides is 1. The first kappa shape index (κ1) is 12.5. The Morgan fingerprint density at radius 1 is 1.33 bits per heavy atom. The summed E-state index contributed by atoms with van der Waals surface area (Å²) in [5.41, 5.74) is 3.03. The average molecular weight is 247 g/mol. The van der Waals surface area contributed by atoms with Crippen molar-refractivity contribution in [3.63, 3.8) is 0 Å². The lowest BCUT2D eigenvalue weighted by atomic mass is 10.0. The third kappa shape index (κ3) is 3.84. The minimum absolute atomic E-state index is 0.0150. The van der Waals surface area contributed by atoms with Gasteiger partial charge in [-0.2, -0.15) is 0 Å². The highest BCUT2D eigenvalue weighted by Crippen LogP contribution is 2.26. The molecule has 0 aliphatic heterocycles. The van der Waals surface area contributed by atoms with Crippen molar-refractivity contribution < 1.29 is 8.42 Å². The molecule has 1 atom stereocenters. The Bertz CT molecular complexity index is 452. The Morgan fingerprint density at radius 2 is 1.93 bits per heavy atom. The van der Waals surface area contributed by atoms with Gasteiger partial charge in [-0.15, -0.1) is 11.6 Å². The van der Waals surface area contributed by atoms with Gasteiger partial charge < -0.3 is 0 Å². The summed E-state index contributed by atoms with van der Waals surface area (Å²) in [6, 6.07) is 5.89. The summed E-state index contributed by atoms with van der Waals surface area (Å²) in [5, 5.41) is -0.458. The lowest BCUT2D eigenvalue weighted by Gasteiger charge is -2.12. The Balaban J connectivity index is 3.00. The number of aryl methyl sites for hydroxylation is 2. The molecule has 0 heterocycles. The van der Waals surface area contributed by atoms with Crippen molar-refractivity contribution in [2.24, 2.45) is 0 Å². The van der Waals surface area contributed by atoms with Gasteiger partial charge in [0.2, 0.25) is 0 Å². The number of rotatable bonds is 3. The number of hydrogen-bond acceptors (Lipinski definition) is 2. The maximum absolute atomic E-state index is 11.1. The van der Waals surface area contributed by atoms with Crippen LogP contribution in [0.3, 0.4) is 0 Å². The molecular weight excluding hydrogens is 232 g/mol. The molecule has 0 aliphatic carbocycles. The molecule has 15 heavy (non-hydrogen) atoms. The van der Waals surface area contributed by atoms with Crippen molar-refractivity contribution >= 4 is 21.4 Å². The number of halogens is 1. The molecule has 0 radical (unpaired) electrons. The van der Waals surface area contributed by atoms with Crippen LogP contribution in [0.5, 0.6) is 0 Å². The summed E-state index contributed by atoms with van der Waals surface area (Å²) in [4.78, 5) is 0. The highest BCUT2D eigenvalue weighted by atomic mass is 35.5. The molecule has 0 spiro atoms. The monoisotopic (exact) mass is 246 g/mol. The van der Waals surface area contributed by atoms with Gasteiger partial charge in [0.15, 0.2) is 0 Å². The van der Waals surface area contributed by atoms with E-state index < -0.39 is 15.2 Å². The Kier molecular flexibility index (Phi) is 3.79. The fourth-order valence-electron chi connectivity index (χ4n) is 1.45. The molecule has 2 nitrogen and oxygen atoms in total. The number of hydrogen-bond donors (Lipinski definition) is 0. The van der Waals surface area contributed by atoms with Crippen LogP contribution in [0.1, 0.15) is 22.1 Å². The van der Waals surface area contributed by atoms with Crippen LogP contribution in [-0.4, -0.2) is 20.4 Å². The summed E-state index contributed by atoms with van der Waals surface area (Å²) in [6.45, 7) is 3.90. The zero-order valence-corrected chi connectivity index (χ0v) is 10.7. The lowest BCUT2D eigenvalue weighted by molar-refractivity contribution is 0.600. The van der Waals surface area contributed by atoms with Gasteiger partial charge in [-0.25, -0.2) is 8.42 Å². The van der Waals surface area contributed by atoms with E-state index in [4.69, 9.17) is 11.6 Å². The second-order valence-electron chi connectivity index (χ2n) is 3.92. The van der Waals surface area contributed by atoms with Crippen LogP contribution in [0.15, 0.2) is 18.2 Å². The summed E-state index contributed by atoms with van der Waals surface area (Å²) in [6.07, 6.45) is 1.20. The quantitative estimate of drug-likeness (QED) is 0.769. The highest BCUT2D eigenvalue weighted by molar-refractivity contribution is 7.90. The van der Waals surface area contributed by atoms with E-state index in [1.54, 1.807) is 0 Å². The van der Waals surface area contributed by atoms with E-state index in [0.717, 1.165) is 16.7 Å². The first-order valence-electron chi connectivity index (χ1n) is 4.68. The van der Waals surface area contributed by atoms with Gasteiger partial charge in [-0.3, -0.25) is 0 Å². The average Bonchev–Trinajstić information content (AvgIpc) is 2.06. The van der Waals surface area contributed by atoms with Crippen LogP contribution in [-0.2, 0) is 9.84 Å². The van der Waals surface area contributed by atoms with Gasteiger partial charge >= 0.3 is 0 Å². The van der Waals surface area contributed by atoms with Gasteiger partial charge in [-0.1, -0.05) is 23.8 Å². The second-order valence-corrected chi connectivity index (χ2v) is 6.63. The predicted octanol–water partition coefficient (Wildman–Crippen LogP) is 2.63. The highest BCUT2D eigenvalue weighted by Gasteiger charge is 2.16. The van der Waals surface area contributed by atoms with Crippen molar-refractivity contribution in [2.45, 2.75) is 19.2 Å². The maximum atomic E-state index is 11.1. The molecule has 1 rings (SSSR count). The molecule has 1 aromatic rings. The first-order chi connectivity index (χ1) is 6.79. The van der Waals surface area contributed by atoms with E-state index in [9.17, 15) is 8.42 Å². The molecule has 1 aromatic carbocycles. The SMILES string of the molecule is Cc1ccc(C)c(C(Cl)CS(C)(=O)=O)c1. The third-order valence-electron chi connectivity index (χ3n) is 2.22. The van der Waals surface area contributed by atoms with Crippen LogP contribution in [0.25, 0.3) is 0 Å². The molecule has 0 saturated heterocycles. The normalized spacial score (nSPS) is 13.9. The Labute approximate surface area is 96.2 Å². The standard InChI is InChI=1S/C11H15ClO2S/c1-8-4-5-9(2)10(6-8)11(12)7-15(3,13)14/h4-6,11H,7H2,1-3H3. The molecule has 0 aliphatic rings. The van der Waals surface area contributed by atoms with E-state index in [1.165, 1.54) is 6.26 Å². The fourth-order valence-corrected chi connectivity index (χ4v) is 3.09. The third-order valence-corrected chi connectivity index (χ3v) is 3.73. The van der Waals surface area contributed by atoms with Crippen LogP contribution >= 0.6 is 11.6 Å². The summed E-state index contributed by atoms with van der Waals surface area (Å²) in [7, 11) is -3.03.